The molecular formula is C25H25N3O3. The van der Waals surface area contributed by atoms with Crippen molar-refractivity contribution in [2.75, 3.05) is 31.5 Å². The largest absolute Gasteiger partial charge is 0.506 e. The molecule has 0 saturated carbocycles. The number of nitrogens with one attached hydrogen (secondary N) is 1. The van der Waals surface area contributed by atoms with Gasteiger partial charge < -0.3 is 15.3 Å². The van der Waals surface area contributed by atoms with Gasteiger partial charge in [-0.25, -0.2) is 0 Å². The third-order valence-corrected chi connectivity index (χ3v) is 5.54. The molecule has 1 fully saturated rings. The Bertz CT molecular complexity index is 993. The Balaban J connectivity index is 1.43. The number of nitrogens with zero attached hydrogens (tertiary/aromatic N) is 2. The predicted molar refractivity (Wildman–Crippen MR) is 120 cm³/mol. The summed E-state index contributed by atoms with van der Waals surface area (Å²) in [4.78, 5) is 29.0. The third kappa shape index (κ3) is 4.75. The van der Waals surface area contributed by atoms with Crippen LogP contribution in [-0.4, -0.2) is 52.9 Å². The van der Waals surface area contributed by atoms with E-state index in [9.17, 15) is 14.7 Å². The van der Waals surface area contributed by atoms with E-state index in [1.54, 1.807) is 23.1 Å². The number of amides is 2. The average molecular weight is 415 g/mol. The molecule has 0 aliphatic carbocycles. The number of para-hydroxylation sites is 2. The number of hydrogen-bond donors (Lipinski definition) is 2. The van der Waals surface area contributed by atoms with Crippen LogP contribution in [0.15, 0.2) is 84.9 Å². The number of aromatic hydroxyl groups is 1. The molecule has 0 aromatic heterocycles. The van der Waals surface area contributed by atoms with Crippen molar-refractivity contribution in [3.8, 4) is 5.75 Å². The molecule has 2 N–H and O–H groups in total. The molecule has 158 valence electrons. The zero-order valence-electron chi connectivity index (χ0n) is 17.1. The first-order valence-electron chi connectivity index (χ1n) is 10.4. The van der Waals surface area contributed by atoms with Crippen molar-refractivity contribution in [3.05, 3.63) is 96.1 Å². The maximum Gasteiger partial charge on any atom is 0.314 e. The number of benzene rings is 3. The van der Waals surface area contributed by atoms with Crippen LogP contribution in [0, 0.1) is 0 Å². The minimum absolute atomic E-state index is 0.0676. The van der Waals surface area contributed by atoms with E-state index in [0.717, 1.165) is 0 Å². The van der Waals surface area contributed by atoms with Gasteiger partial charge in [0, 0.05) is 26.2 Å². The Morgan fingerprint density at radius 1 is 0.742 bits per heavy atom. The van der Waals surface area contributed by atoms with Gasteiger partial charge in [-0.15, -0.1) is 0 Å². The summed E-state index contributed by atoms with van der Waals surface area (Å²) < 4.78 is 0. The number of phenols is 1. The van der Waals surface area contributed by atoms with Crippen molar-refractivity contribution in [3.63, 3.8) is 0 Å². The van der Waals surface area contributed by atoms with Crippen molar-refractivity contribution in [1.29, 1.82) is 0 Å². The minimum Gasteiger partial charge on any atom is -0.506 e. The molecule has 1 saturated heterocycles. The van der Waals surface area contributed by atoms with Gasteiger partial charge in [0.05, 0.1) is 11.7 Å². The Kier molecular flexibility index (Phi) is 6.29. The van der Waals surface area contributed by atoms with Crippen LogP contribution in [-0.2, 0) is 9.59 Å². The summed E-state index contributed by atoms with van der Waals surface area (Å²) in [6.07, 6.45) is 0. The molecular weight excluding hydrogens is 390 g/mol. The Morgan fingerprint density at radius 3 is 1.81 bits per heavy atom. The quantitative estimate of drug-likeness (QED) is 0.507. The Labute approximate surface area is 181 Å². The summed E-state index contributed by atoms with van der Waals surface area (Å²) in [6.45, 7) is 2.24. The lowest BCUT2D eigenvalue weighted by Gasteiger charge is -2.39. The third-order valence-electron chi connectivity index (χ3n) is 5.54. The van der Waals surface area contributed by atoms with E-state index >= 15 is 0 Å². The minimum atomic E-state index is -0.738. The van der Waals surface area contributed by atoms with Crippen molar-refractivity contribution >= 4 is 17.5 Å². The number of phenolic OH excluding ortho intramolecular Hbond substituents is 1. The summed E-state index contributed by atoms with van der Waals surface area (Å²) >= 11 is 0. The first-order valence-corrected chi connectivity index (χ1v) is 10.4. The van der Waals surface area contributed by atoms with E-state index in [1.807, 2.05) is 36.4 Å². The smallest absolute Gasteiger partial charge is 0.314 e. The molecule has 6 heteroatoms. The fraction of sp³-hybridized carbons (Fsp3) is 0.200. The monoisotopic (exact) mass is 415 g/mol. The molecule has 4 rings (SSSR count). The lowest BCUT2D eigenvalue weighted by Crippen LogP contribution is -2.52. The number of piperazine rings is 1. The zero-order valence-corrected chi connectivity index (χ0v) is 17.1. The lowest BCUT2D eigenvalue weighted by molar-refractivity contribution is -0.144. The van der Waals surface area contributed by atoms with Gasteiger partial charge in [-0.05, 0) is 23.3 Å². The molecule has 1 aliphatic rings. The van der Waals surface area contributed by atoms with Crippen molar-refractivity contribution < 1.29 is 14.7 Å². The maximum atomic E-state index is 12.6. The molecule has 2 amide bonds. The van der Waals surface area contributed by atoms with Crippen LogP contribution in [0.1, 0.15) is 17.2 Å². The Morgan fingerprint density at radius 2 is 1.26 bits per heavy atom. The summed E-state index contributed by atoms with van der Waals surface area (Å²) in [7, 11) is 0. The van der Waals surface area contributed by atoms with Crippen LogP contribution < -0.4 is 5.32 Å². The number of rotatable bonds is 4. The van der Waals surface area contributed by atoms with Crippen molar-refractivity contribution in [2.24, 2.45) is 0 Å². The van der Waals surface area contributed by atoms with Crippen LogP contribution >= 0.6 is 0 Å². The first kappa shape index (κ1) is 20.6. The Hall–Kier alpha value is -3.64. The van der Waals surface area contributed by atoms with Gasteiger partial charge in [-0.2, -0.15) is 0 Å². The molecule has 1 aliphatic heterocycles. The lowest BCUT2D eigenvalue weighted by atomic mass is 9.96. The highest BCUT2D eigenvalue weighted by atomic mass is 16.3. The second-order valence-corrected chi connectivity index (χ2v) is 7.52. The highest BCUT2D eigenvalue weighted by Crippen LogP contribution is 2.29. The number of carbonyl (C=O) groups is 2. The fourth-order valence-corrected chi connectivity index (χ4v) is 3.97. The molecule has 0 bridgehead atoms. The fourth-order valence-electron chi connectivity index (χ4n) is 3.97. The van der Waals surface area contributed by atoms with E-state index in [4.69, 9.17) is 0 Å². The highest BCUT2D eigenvalue weighted by molar-refractivity contribution is 6.39. The predicted octanol–water partition coefficient (Wildman–Crippen LogP) is 3.26. The molecule has 0 atom stereocenters. The summed E-state index contributed by atoms with van der Waals surface area (Å²) in [5, 5.41) is 12.3. The molecule has 0 radical (unpaired) electrons. The standard InChI is InChI=1S/C25H25N3O3/c29-22-14-8-7-13-21(22)26-24(30)25(31)28-17-15-27(16-18-28)23(19-9-3-1-4-10-19)20-11-5-2-6-12-20/h1-14,23,29H,15-18H2,(H,26,30). The van der Waals surface area contributed by atoms with Crippen LogP contribution in [0.3, 0.4) is 0 Å². The van der Waals surface area contributed by atoms with Crippen molar-refractivity contribution in [1.82, 2.24) is 9.80 Å². The van der Waals surface area contributed by atoms with Crippen LogP contribution in [0.4, 0.5) is 5.69 Å². The van der Waals surface area contributed by atoms with E-state index in [1.165, 1.54) is 17.2 Å². The van der Waals surface area contributed by atoms with E-state index < -0.39 is 11.8 Å². The van der Waals surface area contributed by atoms with E-state index in [-0.39, 0.29) is 17.5 Å². The second-order valence-electron chi connectivity index (χ2n) is 7.52. The molecule has 6 nitrogen and oxygen atoms in total. The van der Waals surface area contributed by atoms with Crippen LogP contribution in [0.5, 0.6) is 5.75 Å². The van der Waals surface area contributed by atoms with Gasteiger partial charge in [0.1, 0.15) is 5.75 Å². The molecule has 0 unspecified atom stereocenters. The summed E-state index contributed by atoms with van der Waals surface area (Å²) in [5.41, 5.74) is 2.63. The van der Waals surface area contributed by atoms with Gasteiger partial charge in [-0.1, -0.05) is 72.8 Å². The first-order chi connectivity index (χ1) is 15.1. The van der Waals surface area contributed by atoms with Gasteiger partial charge in [0.25, 0.3) is 0 Å². The molecule has 3 aromatic rings. The highest BCUT2D eigenvalue weighted by Gasteiger charge is 2.30. The van der Waals surface area contributed by atoms with Gasteiger partial charge in [-0.3, -0.25) is 14.5 Å². The number of hydrogen-bond acceptors (Lipinski definition) is 4. The topological polar surface area (TPSA) is 72.9 Å². The van der Waals surface area contributed by atoms with Crippen molar-refractivity contribution in [2.45, 2.75) is 6.04 Å². The molecule has 1 heterocycles. The van der Waals surface area contributed by atoms with Crippen LogP contribution in [0.25, 0.3) is 0 Å². The normalized spacial score (nSPS) is 14.4. The van der Waals surface area contributed by atoms with E-state index in [2.05, 4.69) is 34.5 Å². The maximum absolute atomic E-state index is 12.6. The SMILES string of the molecule is O=C(Nc1ccccc1O)C(=O)N1CCN(C(c2ccccc2)c2ccccc2)CC1. The molecule has 0 spiro atoms. The summed E-state index contributed by atoms with van der Waals surface area (Å²) in [5.74, 6) is -1.39. The zero-order chi connectivity index (χ0) is 21.6. The molecule has 31 heavy (non-hydrogen) atoms. The molecule has 3 aromatic carbocycles. The van der Waals surface area contributed by atoms with Crippen LogP contribution in [0.2, 0.25) is 0 Å². The number of carbonyl (C=O) groups excluding carboxylic acids is 2. The number of anilines is 1. The van der Waals surface area contributed by atoms with Gasteiger partial charge >= 0.3 is 11.8 Å². The average Bonchev–Trinajstić information content (AvgIpc) is 2.82. The van der Waals surface area contributed by atoms with E-state index in [0.29, 0.717) is 26.2 Å². The summed E-state index contributed by atoms with van der Waals surface area (Å²) in [6, 6.07) is 27.1. The van der Waals surface area contributed by atoms with Gasteiger partial charge in [0.2, 0.25) is 0 Å². The second kappa shape index (κ2) is 9.45. The van der Waals surface area contributed by atoms with Gasteiger partial charge in [0.15, 0.2) is 0 Å².